The number of likely N-dealkylation sites (tertiary alicyclic amines) is 1. The molecule has 1 aliphatic heterocycles. The molecule has 1 fully saturated rings. The third kappa shape index (κ3) is 6.69. The molecule has 170 valence electrons. The summed E-state index contributed by atoms with van der Waals surface area (Å²) >= 11 is 0. The highest BCUT2D eigenvalue weighted by molar-refractivity contribution is 5.80. The van der Waals surface area contributed by atoms with E-state index in [0.717, 1.165) is 62.0 Å². The van der Waals surface area contributed by atoms with Gasteiger partial charge in [-0.05, 0) is 43.4 Å². The van der Waals surface area contributed by atoms with Crippen LogP contribution in [0.4, 0.5) is 4.39 Å². The Hall–Kier alpha value is -2.61. The van der Waals surface area contributed by atoms with Gasteiger partial charge in [-0.25, -0.2) is 9.38 Å². The third-order valence-corrected chi connectivity index (χ3v) is 5.46. The van der Waals surface area contributed by atoms with E-state index in [1.165, 1.54) is 7.11 Å². The zero-order valence-corrected chi connectivity index (χ0v) is 18.9. The van der Waals surface area contributed by atoms with Gasteiger partial charge in [0.05, 0.1) is 12.8 Å². The van der Waals surface area contributed by atoms with E-state index >= 15 is 0 Å². The van der Waals surface area contributed by atoms with Crippen LogP contribution in [-0.2, 0) is 13.1 Å². The second-order valence-corrected chi connectivity index (χ2v) is 8.23. The molecule has 1 aromatic carbocycles. The number of piperidine rings is 1. The molecule has 0 saturated carbocycles. The molecule has 3 rings (SSSR count). The molecule has 0 aliphatic carbocycles. The minimum absolute atomic E-state index is 0.285. The smallest absolute Gasteiger partial charge is 0.191 e. The molecule has 2 aromatic rings. The van der Waals surface area contributed by atoms with E-state index in [1.807, 2.05) is 12.1 Å². The van der Waals surface area contributed by atoms with E-state index in [-0.39, 0.29) is 11.6 Å². The molecule has 0 unspecified atom stereocenters. The standard InChI is InChI=1S/C23H34FN5O2/c1-5-25-23(26-14-19-13-21(16(2)3)28-31-19)27-18-8-10-29(11-9-18)15-17-6-7-22(30-4)20(24)12-17/h6-7,12-13,16,18H,5,8-11,14-15H2,1-4H3,(H2,25,26,27). The highest BCUT2D eigenvalue weighted by Crippen LogP contribution is 2.20. The predicted octanol–water partition coefficient (Wildman–Crippen LogP) is 3.67. The summed E-state index contributed by atoms with van der Waals surface area (Å²) in [6.07, 6.45) is 2.01. The van der Waals surface area contributed by atoms with Gasteiger partial charge in [-0.15, -0.1) is 0 Å². The van der Waals surface area contributed by atoms with E-state index in [1.54, 1.807) is 12.1 Å². The fraction of sp³-hybridized carbons (Fsp3) is 0.565. The summed E-state index contributed by atoms with van der Waals surface area (Å²) in [6, 6.07) is 7.50. The van der Waals surface area contributed by atoms with E-state index in [4.69, 9.17) is 9.26 Å². The number of halogens is 1. The van der Waals surface area contributed by atoms with Crippen LogP contribution in [-0.4, -0.2) is 48.8 Å². The van der Waals surface area contributed by atoms with Gasteiger partial charge < -0.3 is 19.9 Å². The number of rotatable bonds is 8. The number of nitrogens with zero attached hydrogens (tertiary/aromatic N) is 3. The first kappa shape index (κ1) is 23.1. The minimum atomic E-state index is -0.310. The van der Waals surface area contributed by atoms with Crippen molar-refractivity contribution < 1.29 is 13.7 Å². The number of hydrogen-bond acceptors (Lipinski definition) is 5. The number of aliphatic imine (C=N–C) groups is 1. The molecule has 31 heavy (non-hydrogen) atoms. The molecule has 0 atom stereocenters. The molecular weight excluding hydrogens is 397 g/mol. The Morgan fingerprint density at radius 3 is 2.71 bits per heavy atom. The summed E-state index contributed by atoms with van der Waals surface area (Å²) in [6.45, 7) is 10.1. The molecular formula is C23H34FN5O2. The summed E-state index contributed by atoms with van der Waals surface area (Å²) in [5.74, 6) is 1.87. The van der Waals surface area contributed by atoms with Crippen LogP contribution in [0.1, 0.15) is 56.5 Å². The first-order valence-electron chi connectivity index (χ1n) is 11.0. The monoisotopic (exact) mass is 431 g/mol. The number of methoxy groups -OCH3 is 1. The van der Waals surface area contributed by atoms with Crippen LogP contribution in [0.15, 0.2) is 33.8 Å². The van der Waals surface area contributed by atoms with Crippen molar-refractivity contribution in [3.05, 3.63) is 47.1 Å². The molecule has 1 aromatic heterocycles. The van der Waals surface area contributed by atoms with Crippen molar-refractivity contribution in [2.24, 2.45) is 4.99 Å². The van der Waals surface area contributed by atoms with E-state index < -0.39 is 0 Å². The molecule has 0 amide bonds. The van der Waals surface area contributed by atoms with Crippen molar-refractivity contribution in [2.45, 2.75) is 58.7 Å². The number of hydrogen-bond donors (Lipinski definition) is 2. The molecule has 0 spiro atoms. The predicted molar refractivity (Wildman–Crippen MR) is 120 cm³/mol. The van der Waals surface area contributed by atoms with Crippen molar-refractivity contribution >= 4 is 5.96 Å². The number of aromatic nitrogens is 1. The van der Waals surface area contributed by atoms with Gasteiger partial charge in [-0.3, -0.25) is 4.90 Å². The maximum atomic E-state index is 13.9. The summed E-state index contributed by atoms with van der Waals surface area (Å²) < 4.78 is 24.3. The van der Waals surface area contributed by atoms with Crippen LogP contribution in [0.5, 0.6) is 5.75 Å². The molecule has 1 aliphatic rings. The topological polar surface area (TPSA) is 74.9 Å². The van der Waals surface area contributed by atoms with Gasteiger partial charge in [0.1, 0.15) is 6.54 Å². The van der Waals surface area contributed by atoms with Crippen molar-refractivity contribution in [2.75, 3.05) is 26.7 Å². The highest BCUT2D eigenvalue weighted by Gasteiger charge is 2.20. The molecule has 7 nitrogen and oxygen atoms in total. The third-order valence-electron chi connectivity index (χ3n) is 5.46. The Labute approximate surface area is 184 Å². The Morgan fingerprint density at radius 1 is 1.32 bits per heavy atom. The molecule has 2 heterocycles. The lowest BCUT2D eigenvalue weighted by molar-refractivity contribution is 0.198. The van der Waals surface area contributed by atoms with Crippen LogP contribution >= 0.6 is 0 Å². The summed E-state index contributed by atoms with van der Waals surface area (Å²) in [5.41, 5.74) is 1.92. The normalized spacial score (nSPS) is 16.0. The number of guanidine groups is 1. The van der Waals surface area contributed by atoms with Gasteiger partial charge in [0.2, 0.25) is 0 Å². The SMILES string of the molecule is CCNC(=NCc1cc(C(C)C)no1)NC1CCN(Cc2ccc(OC)c(F)c2)CC1. The average Bonchev–Trinajstić information content (AvgIpc) is 3.23. The second kappa shape index (κ2) is 11.1. The lowest BCUT2D eigenvalue weighted by Crippen LogP contribution is -2.48. The minimum Gasteiger partial charge on any atom is -0.494 e. The van der Waals surface area contributed by atoms with Crippen molar-refractivity contribution in [3.63, 3.8) is 0 Å². The highest BCUT2D eigenvalue weighted by atomic mass is 19.1. The van der Waals surface area contributed by atoms with Gasteiger partial charge in [-0.2, -0.15) is 0 Å². The Morgan fingerprint density at radius 2 is 2.10 bits per heavy atom. The molecule has 0 bridgehead atoms. The summed E-state index contributed by atoms with van der Waals surface area (Å²) in [7, 11) is 1.48. The van der Waals surface area contributed by atoms with E-state index in [0.29, 0.717) is 18.5 Å². The fourth-order valence-corrected chi connectivity index (χ4v) is 3.65. The van der Waals surface area contributed by atoms with Crippen molar-refractivity contribution in [1.82, 2.24) is 20.7 Å². The Balaban J connectivity index is 1.49. The van der Waals surface area contributed by atoms with Gasteiger partial charge >= 0.3 is 0 Å². The van der Waals surface area contributed by atoms with Crippen LogP contribution in [0.2, 0.25) is 0 Å². The zero-order valence-electron chi connectivity index (χ0n) is 18.9. The van der Waals surface area contributed by atoms with Crippen LogP contribution in [0, 0.1) is 5.82 Å². The Kier molecular flexibility index (Phi) is 8.28. The van der Waals surface area contributed by atoms with Gasteiger partial charge in [0.15, 0.2) is 23.3 Å². The Bertz CT molecular complexity index is 859. The van der Waals surface area contributed by atoms with Gasteiger partial charge in [0, 0.05) is 38.3 Å². The number of nitrogens with one attached hydrogen (secondary N) is 2. The molecule has 2 N–H and O–H groups in total. The summed E-state index contributed by atoms with van der Waals surface area (Å²) in [4.78, 5) is 7.01. The maximum Gasteiger partial charge on any atom is 0.191 e. The van der Waals surface area contributed by atoms with Crippen LogP contribution in [0.3, 0.4) is 0 Å². The zero-order chi connectivity index (χ0) is 22.2. The molecule has 0 radical (unpaired) electrons. The second-order valence-electron chi connectivity index (χ2n) is 8.23. The molecule has 8 heteroatoms. The number of ether oxygens (including phenoxy) is 1. The quantitative estimate of drug-likeness (QED) is 0.491. The van der Waals surface area contributed by atoms with Crippen molar-refractivity contribution in [3.8, 4) is 5.75 Å². The summed E-state index contributed by atoms with van der Waals surface area (Å²) in [5, 5.41) is 10.9. The average molecular weight is 432 g/mol. The largest absolute Gasteiger partial charge is 0.494 e. The van der Waals surface area contributed by atoms with E-state index in [2.05, 4.69) is 46.5 Å². The first-order chi connectivity index (χ1) is 15.0. The van der Waals surface area contributed by atoms with Crippen molar-refractivity contribution in [1.29, 1.82) is 0 Å². The first-order valence-corrected chi connectivity index (χ1v) is 11.0. The van der Waals surface area contributed by atoms with Gasteiger partial charge in [-0.1, -0.05) is 25.1 Å². The lowest BCUT2D eigenvalue weighted by Gasteiger charge is -2.33. The van der Waals surface area contributed by atoms with E-state index in [9.17, 15) is 4.39 Å². The number of benzene rings is 1. The van der Waals surface area contributed by atoms with Crippen LogP contribution < -0.4 is 15.4 Å². The van der Waals surface area contributed by atoms with Crippen LogP contribution in [0.25, 0.3) is 0 Å². The molecule has 1 saturated heterocycles. The fourth-order valence-electron chi connectivity index (χ4n) is 3.65. The lowest BCUT2D eigenvalue weighted by atomic mass is 10.0. The van der Waals surface area contributed by atoms with Gasteiger partial charge in [0.25, 0.3) is 0 Å². The maximum absolute atomic E-state index is 13.9.